The molecule has 0 atom stereocenters. The Morgan fingerprint density at radius 2 is 1.68 bits per heavy atom. The van der Waals surface area contributed by atoms with Gasteiger partial charge in [-0.25, -0.2) is 0 Å². The number of ether oxygens (including phenoxy) is 3. The summed E-state index contributed by atoms with van der Waals surface area (Å²) in [6.45, 7) is 1.93. The minimum Gasteiger partial charge on any atom is -0.493 e. The quantitative estimate of drug-likeness (QED) is 0.942. The molecule has 4 heteroatoms. The number of nitrogens with one attached hydrogen (secondary N) is 1. The minimum atomic E-state index is 0.625. The Morgan fingerprint density at radius 1 is 0.955 bits per heavy atom. The second kappa shape index (κ2) is 6.28. The molecule has 2 aromatic carbocycles. The van der Waals surface area contributed by atoms with Crippen LogP contribution in [0, 0.1) is 0 Å². The summed E-state index contributed by atoms with van der Waals surface area (Å²) >= 11 is 0. The molecule has 0 radical (unpaired) electrons. The molecule has 0 spiro atoms. The van der Waals surface area contributed by atoms with Crippen molar-refractivity contribution in [3.05, 3.63) is 41.5 Å². The molecule has 2 aromatic rings. The van der Waals surface area contributed by atoms with Gasteiger partial charge in [-0.3, -0.25) is 0 Å². The lowest BCUT2D eigenvalue weighted by Crippen LogP contribution is -2.24. The highest BCUT2D eigenvalue weighted by Gasteiger charge is 2.18. The number of fused-ring (bicyclic) bond motifs is 1. The highest BCUT2D eigenvalue weighted by molar-refractivity contribution is 5.74. The number of benzene rings is 2. The van der Waals surface area contributed by atoms with E-state index in [0.717, 1.165) is 25.1 Å². The van der Waals surface area contributed by atoms with Crippen molar-refractivity contribution in [1.82, 2.24) is 5.32 Å². The van der Waals surface area contributed by atoms with Crippen LogP contribution in [-0.4, -0.2) is 27.9 Å². The van der Waals surface area contributed by atoms with Crippen molar-refractivity contribution >= 4 is 0 Å². The fourth-order valence-corrected chi connectivity index (χ4v) is 3.04. The lowest BCUT2D eigenvalue weighted by atomic mass is 9.91. The molecular weight excluding hydrogens is 278 g/mol. The van der Waals surface area contributed by atoms with Crippen molar-refractivity contribution in [1.29, 1.82) is 0 Å². The van der Waals surface area contributed by atoms with E-state index in [1.54, 1.807) is 21.3 Å². The first kappa shape index (κ1) is 14.7. The molecule has 0 saturated heterocycles. The Bertz CT molecular complexity index is 657. The highest BCUT2D eigenvalue weighted by atomic mass is 16.5. The predicted octanol–water partition coefficient (Wildman–Crippen LogP) is 3.03. The molecule has 0 unspecified atom stereocenters. The number of rotatable bonds is 4. The van der Waals surface area contributed by atoms with Gasteiger partial charge >= 0.3 is 0 Å². The standard InChI is InChI=1S/C18H21NO3/c1-20-16-9-13(10-17(21-2)18(16)22-3)14-6-4-5-12-11-19-8-7-15(12)14/h4-6,9-10,19H,7-8,11H2,1-3H3. The van der Waals surface area contributed by atoms with Crippen molar-refractivity contribution < 1.29 is 14.2 Å². The van der Waals surface area contributed by atoms with E-state index in [9.17, 15) is 0 Å². The molecule has 1 aliphatic heterocycles. The summed E-state index contributed by atoms with van der Waals surface area (Å²) in [5.74, 6) is 1.99. The van der Waals surface area contributed by atoms with Crippen molar-refractivity contribution in [2.45, 2.75) is 13.0 Å². The van der Waals surface area contributed by atoms with Gasteiger partial charge in [0, 0.05) is 6.54 Å². The van der Waals surface area contributed by atoms with E-state index < -0.39 is 0 Å². The third kappa shape index (κ3) is 2.50. The Morgan fingerprint density at radius 3 is 2.32 bits per heavy atom. The molecule has 0 bridgehead atoms. The van der Waals surface area contributed by atoms with Crippen LogP contribution in [0.5, 0.6) is 17.2 Å². The first-order valence-corrected chi connectivity index (χ1v) is 7.40. The molecule has 1 heterocycles. The second-order valence-corrected chi connectivity index (χ2v) is 5.28. The third-order valence-electron chi connectivity index (χ3n) is 4.12. The van der Waals surface area contributed by atoms with Crippen LogP contribution in [0.1, 0.15) is 11.1 Å². The summed E-state index contributed by atoms with van der Waals surface area (Å²) in [4.78, 5) is 0. The summed E-state index contributed by atoms with van der Waals surface area (Å²) < 4.78 is 16.3. The molecule has 116 valence electrons. The summed E-state index contributed by atoms with van der Waals surface area (Å²) in [5.41, 5.74) is 5.08. The summed E-state index contributed by atoms with van der Waals surface area (Å²) in [7, 11) is 4.91. The fraction of sp³-hybridized carbons (Fsp3) is 0.333. The van der Waals surface area contributed by atoms with E-state index in [1.807, 2.05) is 12.1 Å². The lowest BCUT2D eigenvalue weighted by molar-refractivity contribution is 0.324. The van der Waals surface area contributed by atoms with Gasteiger partial charge in [0.2, 0.25) is 5.75 Å². The minimum absolute atomic E-state index is 0.625. The van der Waals surface area contributed by atoms with Gasteiger partial charge in [0.15, 0.2) is 11.5 Å². The van der Waals surface area contributed by atoms with Gasteiger partial charge in [-0.2, -0.15) is 0 Å². The molecule has 22 heavy (non-hydrogen) atoms. The maximum absolute atomic E-state index is 5.47. The lowest BCUT2D eigenvalue weighted by Gasteiger charge is -2.21. The van der Waals surface area contributed by atoms with Gasteiger partial charge < -0.3 is 19.5 Å². The Labute approximate surface area is 131 Å². The van der Waals surface area contributed by atoms with Crippen LogP contribution in [-0.2, 0) is 13.0 Å². The van der Waals surface area contributed by atoms with Crippen LogP contribution < -0.4 is 19.5 Å². The largest absolute Gasteiger partial charge is 0.493 e. The van der Waals surface area contributed by atoms with Crippen LogP contribution in [0.2, 0.25) is 0 Å². The Hall–Kier alpha value is -2.20. The van der Waals surface area contributed by atoms with E-state index in [-0.39, 0.29) is 0 Å². The number of hydrogen-bond acceptors (Lipinski definition) is 4. The van der Waals surface area contributed by atoms with Crippen molar-refractivity contribution in [3.63, 3.8) is 0 Å². The van der Waals surface area contributed by atoms with Gasteiger partial charge in [0.05, 0.1) is 21.3 Å². The van der Waals surface area contributed by atoms with E-state index in [2.05, 4.69) is 23.5 Å². The van der Waals surface area contributed by atoms with E-state index in [1.165, 1.54) is 16.7 Å². The third-order valence-corrected chi connectivity index (χ3v) is 4.12. The first-order valence-electron chi connectivity index (χ1n) is 7.40. The van der Waals surface area contributed by atoms with Crippen molar-refractivity contribution in [2.24, 2.45) is 0 Å². The first-order chi connectivity index (χ1) is 10.8. The average molecular weight is 299 g/mol. The topological polar surface area (TPSA) is 39.7 Å². The smallest absolute Gasteiger partial charge is 0.203 e. The van der Waals surface area contributed by atoms with Gasteiger partial charge in [-0.05, 0) is 47.4 Å². The molecule has 4 nitrogen and oxygen atoms in total. The van der Waals surface area contributed by atoms with E-state index in [0.29, 0.717) is 17.2 Å². The van der Waals surface area contributed by atoms with Crippen LogP contribution in [0.15, 0.2) is 30.3 Å². The highest BCUT2D eigenvalue weighted by Crippen LogP contribution is 2.42. The zero-order valence-corrected chi connectivity index (χ0v) is 13.2. The molecule has 0 fully saturated rings. The molecule has 0 amide bonds. The molecule has 1 N–H and O–H groups in total. The maximum Gasteiger partial charge on any atom is 0.203 e. The monoisotopic (exact) mass is 299 g/mol. The number of hydrogen-bond donors (Lipinski definition) is 1. The zero-order chi connectivity index (χ0) is 15.5. The number of methoxy groups -OCH3 is 3. The normalized spacial score (nSPS) is 13.4. The van der Waals surface area contributed by atoms with E-state index >= 15 is 0 Å². The average Bonchev–Trinajstić information content (AvgIpc) is 2.59. The van der Waals surface area contributed by atoms with E-state index in [4.69, 9.17) is 14.2 Å². The zero-order valence-electron chi connectivity index (χ0n) is 13.2. The molecular formula is C18H21NO3. The Kier molecular flexibility index (Phi) is 4.20. The molecule has 0 aromatic heterocycles. The molecule has 0 saturated carbocycles. The summed E-state index contributed by atoms with van der Waals surface area (Å²) in [6, 6.07) is 10.5. The summed E-state index contributed by atoms with van der Waals surface area (Å²) in [5, 5.41) is 3.41. The van der Waals surface area contributed by atoms with Gasteiger partial charge in [-0.15, -0.1) is 0 Å². The predicted molar refractivity (Wildman–Crippen MR) is 86.9 cm³/mol. The van der Waals surface area contributed by atoms with Crippen molar-refractivity contribution in [2.75, 3.05) is 27.9 Å². The summed E-state index contributed by atoms with van der Waals surface area (Å²) in [6.07, 6.45) is 1.03. The van der Waals surface area contributed by atoms with Gasteiger partial charge in [-0.1, -0.05) is 18.2 Å². The van der Waals surface area contributed by atoms with Gasteiger partial charge in [0.25, 0.3) is 0 Å². The van der Waals surface area contributed by atoms with Crippen LogP contribution >= 0.6 is 0 Å². The SMILES string of the molecule is COc1cc(-c2cccc3c2CCNC3)cc(OC)c1OC. The fourth-order valence-electron chi connectivity index (χ4n) is 3.04. The van der Waals surface area contributed by atoms with Gasteiger partial charge in [0.1, 0.15) is 0 Å². The van der Waals surface area contributed by atoms with Crippen LogP contribution in [0.25, 0.3) is 11.1 Å². The molecule has 3 rings (SSSR count). The molecule has 0 aliphatic carbocycles. The maximum atomic E-state index is 5.47. The Balaban J connectivity index is 2.16. The van der Waals surface area contributed by atoms with Crippen LogP contribution in [0.3, 0.4) is 0 Å². The van der Waals surface area contributed by atoms with Crippen LogP contribution in [0.4, 0.5) is 0 Å². The second-order valence-electron chi connectivity index (χ2n) is 5.28. The van der Waals surface area contributed by atoms with Crippen molar-refractivity contribution in [3.8, 4) is 28.4 Å². The molecule has 1 aliphatic rings.